The molecule has 2 aromatic carbocycles. The molecular formula is C16H17N3O4. The second kappa shape index (κ2) is 7.69. The van der Waals surface area contributed by atoms with Gasteiger partial charge in [-0.3, -0.25) is 4.79 Å². The molecule has 0 saturated heterocycles. The van der Waals surface area contributed by atoms with Crippen LogP contribution in [-0.4, -0.2) is 36.0 Å². The van der Waals surface area contributed by atoms with Crippen molar-refractivity contribution in [2.75, 3.05) is 19.0 Å². The Labute approximate surface area is 133 Å². The van der Waals surface area contributed by atoms with Crippen LogP contribution in [-0.2, 0) is 4.79 Å². The first kappa shape index (κ1) is 16.2. The summed E-state index contributed by atoms with van der Waals surface area (Å²) in [5.41, 5.74) is 3.41. The standard InChI is InChI=1S/C16H17N3O4/c1-23-15-5-3-2-4-13(15)17-10-16(22)19-18-9-11-6-7-12(20)8-14(11)21/h2-9,17,20-21H,10H2,1H3,(H,19,22). The Morgan fingerprint density at radius 1 is 1.26 bits per heavy atom. The lowest BCUT2D eigenvalue weighted by molar-refractivity contribution is -0.119. The number of phenols is 2. The van der Waals surface area contributed by atoms with Crippen LogP contribution >= 0.6 is 0 Å². The number of carbonyl (C=O) groups is 1. The fourth-order valence-corrected chi connectivity index (χ4v) is 1.82. The molecule has 1 amide bonds. The maximum Gasteiger partial charge on any atom is 0.259 e. The van der Waals surface area contributed by atoms with E-state index in [1.165, 1.54) is 24.4 Å². The van der Waals surface area contributed by atoms with Crippen molar-refractivity contribution in [2.24, 2.45) is 5.10 Å². The summed E-state index contributed by atoms with van der Waals surface area (Å²) in [5.74, 6) is 0.100. The molecule has 7 heteroatoms. The average Bonchev–Trinajstić information content (AvgIpc) is 2.55. The number of amides is 1. The van der Waals surface area contributed by atoms with E-state index < -0.39 is 0 Å². The van der Waals surface area contributed by atoms with E-state index in [1.54, 1.807) is 19.2 Å². The number of benzene rings is 2. The molecule has 0 atom stereocenters. The van der Waals surface area contributed by atoms with E-state index in [9.17, 15) is 15.0 Å². The fourth-order valence-electron chi connectivity index (χ4n) is 1.82. The van der Waals surface area contributed by atoms with Crippen molar-refractivity contribution in [2.45, 2.75) is 0 Å². The Hall–Kier alpha value is -3.22. The molecule has 23 heavy (non-hydrogen) atoms. The van der Waals surface area contributed by atoms with Crippen molar-refractivity contribution >= 4 is 17.8 Å². The second-order valence-electron chi connectivity index (χ2n) is 4.59. The Balaban J connectivity index is 1.86. The highest BCUT2D eigenvalue weighted by Gasteiger charge is 2.04. The van der Waals surface area contributed by atoms with Crippen LogP contribution in [0.3, 0.4) is 0 Å². The van der Waals surface area contributed by atoms with Gasteiger partial charge < -0.3 is 20.3 Å². The number of phenolic OH excluding ortho intramolecular Hbond substituents is 2. The molecule has 0 aliphatic rings. The van der Waals surface area contributed by atoms with Gasteiger partial charge in [0, 0.05) is 11.6 Å². The SMILES string of the molecule is COc1ccccc1NCC(=O)NN=Cc1ccc(O)cc1O. The predicted molar refractivity (Wildman–Crippen MR) is 87.0 cm³/mol. The molecule has 0 radical (unpaired) electrons. The Bertz CT molecular complexity index is 716. The molecule has 2 rings (SSSR count). The minimum absolute atomic E-state index is 0.0132. The quantitative estimate of drug-likeness (QED) is 0.479. The van der Waals surface area contributed by atoms with Crippen molar-refractivity contribution in [1.82, 2.24) is 5.43 Å². The summed E-state index contributed by atoms with van der Waals surface area (Å²) >= 11 is 0. The van der Waals surface area contributed by atoms with Gasteiger partial charge in [-0.1, -0.05) is 12.1 Å². The zero-order valence-electron chi connectivity index (χ0n) is 12.5. The van der Waals surface area contributed by atoms with Gasteiger partial charge in [-0.15, -0.1) is 0 Å². The van der Waals surface area contributed by atoms with E-state index in [-0.39, 0.29) is 24.0 Å². The second-order valence-corrected chi connectivity index (χ2v) is 4.59. The van der Waals surface area contributed by atoms with Gasteiger partial charge in [-0.25, -0.2) is 5.43 Å². The van der Waals surface area contributed by atoms with Crippen molar-refractivity contribution in [3.63, 3.8) is 0 Å². The zero-order valence-corrected chi connectivity index (χ0v) is 12.5. The predicted octanol–water partition coefficient (Wildman–Crippen LogP) is 1.67. The number of rotatable bonds is 6. The van der Waals surface area contributed by atoms with Crippen LogP contribution in [0.15, 0.2) is 47.6 Å². The van der Waals surface area contributed by atoms with E-state index in [0.717, 1.165) is 0 Å². The monoisotopic (exact) mass is 315 g/mol. The largest absolute Gasteiger partial charge is 0.508 e. The third-order valence-corrected chi connectivity index (χ3v) is 2.95. The van der Waals surface area contributed by atoms with Crippen LogP contribution in [0.1, 0.15) is 5.56 Å². The van der Waals surface area contributed by atoms with Crippen LogP contribution in [0.5, 0.6) is 17.2 Å². The molecule has 0 aromatic heterocycles. The molecule has 0 aliphatic carbocycles. The van der Waals surface area contributed by atoms with E-state index >= 15 is 0 Å². The van der Waals surface area contributed by atoms with E-state index in [1.807, 2.05) is 12.1 Å². The topological polar surface area (TPSA) is 103 Å². The molecule has 0 heterocycles. The van der Waals surface area contributed by atoms with Crippen LogP contribution in [0.4, 0.5) is 5.69 Å². The third-order valence-electron chi connectivity index (χ3n) is 2.95. The fraction of sp³-hybridized carbons (Fsp3) is 0.125. The van der Waals surface area contributed by atoms with E-state index in [0.29, 0.717) is 17.0 Å². The van der Waals surface area contributed by atoms with Gasteiger partial charge >= 0.3 is 0 Å². The molecule has 2 aromatic rings. The van der Waals surface area contributed by atoms with Gasteiger partial charge in [-0.2, -0.15) is 5.10 Å². The molecular weight excluding hydrogens is 298 g/mol. The maximum absolute atomic E-state index is 11.7. The third kappa shape index (κ3) is 4.63. The number of nitrogens with one attached hydrogen (secondary N) is 2. The van der Waals surface area contributed by atoms with Gasteiger partial charge in [0.05, 0.1) is 25.6 Å². The first-order valence-corrected chi connectivity index (χ1v) is 6.81. The summed E-state index contributed by atoms with van der Waals surface area (Å²) in [6.07, 6.45) is 1.29. The Morgan fingerprint density at radius 2 is 2.04 bits per heavy atom. The zero-order chi connectivity index (χ0) is 16.7. The summed E-state index contributed by atoms with van der Waals surface area (Å²) in [4.78, 5) is 11.7. The molecule has 0 unspecified atom stereocenters. The molecule has 0 fully saturated rings. The summed E-state index contributed by atoms with van der Waals surface area (Å²) < 4.78 is 5.17. The number of carbonyl (C=O) groups excluding carboxylic acids is 1. The number of nitrogens with zero attached hydrogens (tertiary/aromatic N) is 1. The minimum atomic E-state index is -0.356. The Kier molecular flexibility index (Phi) is 5.40. The summed E-state index contributed by atoms with van der Waals surface area (Å²) in [6.45, 7) is 0.0132. The highest BCUT2D eigenvalue weighted by molar-refractivity contribution is 5.86. The minimum Gasteiger partial charge on any atom is -0.508 e. The van der Waals surface area contributed by atoms with Crippen molar-refractivity contribution in [3.8, 4) is 17.2 Å². The lowest BCUT2D eigenvalue weighted by Crippen LogP contribution is -2.26. The molecule has 0 bridgehead atoms. The first-order valence-electron chi connectivity index (χ1n) is 6.81. The van der Waals surface area contributed by atoms with Crippen LogP contribution < -0.4 is 15.5 Å². The summed E-state index contributed by atoms with van der Waals surface area (Å²) in [5, 5.41) is 25.4. The molecule has 0 spiro atoms. The average molecular weight is 315 g/mol. The first-order chi connectivity index (χ1) is 11.1. The number of methoxy groups -OCH3 is 1. The number of aromatic hydroxyl groups is 2. The summed E-state index contributed by atoms with van der Waals surface area (Å²) in [6, 6.07) is 11.3. The highest BCUT2D eigenvalue weighted by Crippen LogP contribution is 2.22. The molecule has 4 N–H and O–H groups in total. The number of hydrazone groups is 1. The van der Waals surface area contributed by atoms with E-state index in [2.05, 4.69) is 15.8 Å². The molecule has 0 saturated carbocycles. The number of anilines is 1. The van der Waals surface area contributed by atoms with Gasteiger partial charge in [0.25, 0.3) is 5.91 Å². The number of para-hydroxylation sites is 2. The highest BCUT2D eigenvalue weighted by atomic mass is 16.5. The van der Waals surface area contributed by atoms with Gasteiger partial charge in [0.2, 0.25) is 0 Å². The lowest BCUT2D eigenvalue weighted by atomic mass is 10.2. The Morgan fingerprint density at radius 3 is 2.78 bits per heavy atom. The summed E-state index contributed by atoms with van der Waals surface area (Å²) in [7, 11) is 1.55. The van der Waals surface area contributed by atoms with Crippen molar-refractivity contribution in [3.05, 3.63) is 48.0 Å². The van der Waals surface area contributed by atoms with Crippen molar-refractivity contribution < 1.29 is 19.7 Å². The number of hydrogen-bond acceptors (Lipinski definition) is 6. The maximum atomic E-state index is 11.7. The molecule has 120 valence electrons. The van der Waals surface area contributed by atoms with Gasteiger partial charge in [0.1, 0.15) is 17.2 Å². The number of hydrogen-bond donors (Lipinski definition) is 4. The van der Waals surface area contributed by atoms with Crippen molar-refractivity contribution in [1.29, 1.82) is 0 Å². The van der Waals surface area contributed by atoms with Crippen LogP contribution in [0, 0.1) is 0 Å². The molecule has 0 aliphatic heterocycles. The van der Waals surface area contributed by atoms with Gasteiger partial charge in [0.15, 0.2) is 0 Å². The van der Waals surface area contributed by atoms with Crippen LogP contribution in [0.25, 0.3) is 0 Å². The lowest BCUT2D eigenvalue weighted by Gasteiger charge is -2.09. The van der Waals surface area contributed by atoms with Gasteiger partial charge in [-0.05, 0) is 24.3 Å². The van der Waals surface area contributed by atoms with Crippen LogP contribution in [0.2, 0.25) is 0 Å². The van der Waals surface area contributed by atoms with E-state index in [4.69, 9.17) is 4.74 Å². The normalized spacial score (nSPS) is 10.5. The smallest absolute Gasteiger partial charge is 0.259 e. The molecule has 7 nitrogen and oxygen atoms in total. The number of ether oxygens (including phenoxy) is 1.